The van der Waals surface area contributed by atoms with Gasteiger partial charge >= 0.3 is 0 Å². The standard InChI is InChI=1S/C10H8ClN3O/c1-15-8-2-7(3-12-4-8)10-9(11)5-13-6-14-10/h2-6H,1H3. The summed E-state index contributed by atoms with van der Waals surface area (Å²) in [4.78, 5) is 11.9. The summed E-state index contributed by atoms with van der Waals surface area (Å²) in [6, 6.07) is 1.82. The fourth-order valence-corrected chi connectivity index (χ4v) is 1.40. The van der Waals surface area contributed by atoms with Gasteiger partial charge in [0.2, 0.25) is 0 Å². The molecular formula is C10H8ClN3O. The maximum absolute atomic E-state index is 5.96. The molecule has 5 heteroatoms. The Balaban J connectivity index is 2.49. The Morgan fingerprint density at radius 3 is 2.80 bits per heavy atom. The van der Waals surface area contributed by atoms with Crippen LogP contribution in [-0.2, 0) is 0 Å². The van der Waals surface area contributed by atoms with Crippen LogP contribution in [0.5, 0.6) is 5.75 Å². The lowest BCUT2D eigenvalue weighted by Gasteiger charge is -2.03. The van der Waals surface area contributed by atoms with Crippen molar-refractivity contribution in [1.82, 2.24) is 15.0 Å². The Hall–Kier alpha value is -1.68. The maximum atomic E-state index is 5.96. The molecule has 2 heterocycles. The van der Waals surface area contributed by atoms with Gasteiger partial charge in [0.25, 0.3) is 0 Å². The van der Waals surface area contributed by atoms with E-state index >= 15 is 0 Å². The minimum Gasteiger partial charge on any atom is -0.495 e. The van der Waals surface area contributed by atoms with Crippen LogP contribution in [0.15, 0.2) is 31.0 Å². The number of rotatable bonds is 2. The molecule has 0 aromatic carbocycles. The molecule has 76 valence electrons. The van der Waals surface area contributed by atoms with E-state index in [1.54, 1.807) is 25.7 Å². The summed E-state index contributed by atoms with van der Waals surface area (Å²) in [5, 5.41) is 0.493. The first-order valence-electron chi connectivity index (χ1n) is 4.26. The monoisotopic (exact) mass is 221 g/mol. The first kappa shape index (κ1) is 9.86. The number of hydrogen-bond donors (Lipinski definition) is 0. The van der Waals surface area contributed by atoms with Gasteiger partial charge in [-0.05, 0) is 6.07 Å². The second-order valence-electron chi connectivity index (χ2n) is 2.83. The fourth-order valence-electron chi connectivity index (χ4n) is 1.19. The van der Waals surface area contributed by atoms with E-state index in [-0.39, 0.29) is 0 Å². The zero-order valence-electron chi connectivity index (χ0n) is 8.01. The molecule has 15 heavy (non-hydrogen) atoms. The van der Waals surface area contributed by atoms with Gasteiger partial charge in [0, 0.05) is 18.0 Å². The molecule has 0 spiro atoms. The van der Waals surface area contributed by atoms with Gasteiger partial charge in [-0.15, -0.1) is 0 Å². The molecule has 0 bridgehead atoms. The molecule has 2 aromatic heterocycles. The van der Waals surface area contributed by atoms with Crippen molar-refractivity contribution >= 4 is 11.6 Å². The molecule has 4 nitrogen and oxygen atoms in total. The second kappa shape index (κ2) is 4.23. The summed E-state index contributed by atoms with van der Waals surface area (Å²) in [5.74, 6) is 0.669. The summed E-state index contributed by atoms with van der Waals surface area (Å²) in [6.07, 6.45) is 6.29. The predicted octanol–water partition coefficient (Wildman–Crippen LogP) is 2.20. The van der Waals surface area contributed by atoms with E-state index < -0.39 is 0 Å². The van der Waals surface area contributed by atoms with Crippen LogP contribution in [0.25, 0.3) is 11.3 Å². The molecule has 0 unspecified atom stereocenters. The molecular weight excluding hydrogens is 214 g/mol. The molecule has 0 aliphatic heterocycles. The van der Waals surface area contributed by atoms with Crippen LogP contribution in [0.2, 0.25) is 5.02 Å². The summed E-state index contributed by atoms with van der Waals surface area (Å²) in [5.41, 5.74) is 1.46. The van der Waals surface area contributed by atoms with Crippen molar-refractivity contribution in [1.29, 1.82) is 0 Å². The van der Waals surface area contributed by atoms with Crippen LogP contribution in [-0.4, -0.2) is 22.1 Å². The number of methoxy groups -OCH3 is 1. The van der Waals surface area contributed by atoms with E-state index in [1.165, 1.54) is 6.33 Å². The molecule has 0 aliphatic rings. The Labute approximate surface area is 91.9 Å². The number of aromatic nitrogens is 3. The lowest BCUT2D eigenvalue weighted by atomic mass is 10.2. The number of halogens is 1. The van der Waals surface area contributed by atoms with Gasteiger partial charge in [-0.3, -0.25) is 4.98 Å². The zero-order valence-corrected chi connectivity index (χ0v) is 8.77. The summed E-state index contributed by atoms with van der Waals surface area (Å²) < 4.78 is 5.07. The van der Waals surface area contributed by atoms with Crippen molar-refractivity contribution < 1.29 is 4.74 Å². The van der Waals surface area contributed by atoms with Crippen molar-refractivity contribution in [3.63, 3.8) is 0 Å². The topological polar surface area (TPSA) is 47.9 Å². The number of nitrogens with zero attached hydrogens (tertiary/aromatic N) is 3. The van der Waals surface area contributed by atoms with Crippen molar-refractivity contribution in [3.8, 4) is 17.0 Å². The van der Waals surface area contributed by atoms with Crippen LogP contribution in [0.1, 0.15) is 0 Å². The van der Waals surface area contributed by atoms with Crippen LogP contribution < -0.4 is 4.74 Å². The number of hydrogen-bond acceptors (Lipinski definition) is 4. The Morgan fingerprint density at radius 1 is 1.20 bits per heavy atom. The summed E-state index contributed by atoms with van der Waals surface area (Å²) in [6.45, 7) is 0. The van der Waals surface area contributed by atoms with E-state index in [1.807, 2.05) is 6.07 Å². The lowest BCUT2D eigenvalue weighted by molar-refractivity contribution is 0.413. The zero-order chi connectivity index (χ0) is 10.7. The third-order valence-corrected chi connectivity index (χ3v) is 2.17. The maximum Gasteiger partial charge on any atom is 0.137 e. The Bertz CT molecular complexity index is 476. The third kappa shape index (κ3) is 2.05. The van der Waals surface area contributed by atoms with Crippen molar-refractivity contribution in [3.05, 3.63) is 36.0 Å². The summed E-state index contributed by atoms with van der Waals surface area (Å²) in [7, 11) is 1.59. The quantitative estimate of drug-likeness (QED) is 0.780. The molecule has 0 N–H and O–H groups in total. The van der Waals surface area contributed by atoms with Crippen LogP contribution in [0.4, 0.5) is 0 Å². The largest absolute Gasteiger partial charge is 0.495 e. The molecule has 2 aromatic rings. The molecule has 0 fully saturated rings. The second-order valence-corrected chi connectivity index (χ2v) is 3.24. The highest BCUT2D eigenvalue weighted by molar-refractivity contribution is 6.32. The van der Waals surface area contributed by atoms with E-state index in [0.717, 1.165) is 5.56 Å². The van der Waals surface area contributed by atoms with Gasteiger partial charge in [0.15, 0.2) is 0 Å². The van der Waals surface area contributed by atoms with Crippen molar-refractivity contribution in [2.75, 3.05) is 7.11 Å². The van der Waals surface area contributed by atoms with Crippen molar-refractivity contribution in [2.45, 2.75) is 0 Å². The molecule has 0 saturated carbocycles. The van der Waals surface area contributed by atoms with Crippen molar-refractivity contribution in [2.24, 2.45) is 0 Å². The van der Waals surface area contributed by atoms with E-state index in [4.69, 9.17) is 16.3 Å². The lowest BCUT2D eigenvalue weighted by Crippen LogP contribution is -1.89. The minimum absolute atomic E-state index is 0.493. The average Bonchev–Trinajstić information content (AvgIpc) is 2.30. The van der Waals surface area contributed by atoms with Crippen LogP contribution in [0.3, 0.4) is 0 Å². The van der Waals surface area contributed by atoms with Gasteiger partial charge in [-0.25, -0.2) is 9.97 Å². The molecule has 2 rings (SSSR count). The SMILES string of the molecule is COc1cncc(-c2ncncc2Cl)c1. The van der Waals surface area contributed by atoms with E-state index in [2.05, 4.69) is 15.0 Å². The van der Waals surface area contributed by atoms with E-state index in [0.29, 0.717) is 16.5 Å². The smallest absolute Gasteiger partial charge is 0.137 e. The molecule has 0 aliphatic carbocycles. The summed E-state index contributed by atoms with van der Waals surface area (Å²) >= 11 is 5.96. The first-order chi connectivity index (χ1) is 7.31. The van der Waals surface area contributed by atoms with Gasteiger partial charge in [0.1, 0.15) is 12.1 Å². The minimum atomic E-state index is 0.493. The number of pyridine rings is 1. The predicted molar refractivity (Wildman–Crippen MR) is 56.8 cm³/mol. The van der Waals surface area contributed by atoms with Crippen LogP contribution >= 0.6 is 11.6 Å². The van der Waals surface area contributed by atoms with Gasteiger partial charge < -0.3 is 4.74 Å². The average molecular weight is 222 g/mol. The molecule has 0 amide bonds. The normalized spacial score (nSPS) is 10.0. The van der Waals surface area contributed by atoms with Crippen LogP contribution in [0, 0.1) is 0 Å². The number of ether oxygens (including phenoxy) is 1. The molecule has 0 radical (unpaired) electrons. The first-order valence-corrected chi connectivity index (χ1v) is 4.64. The van der Waals surface area contributed by atoms with Gasteiger partial charge in [-0.2, -0.15) is 0 Å². The fraction of sp³-hybridized carbons (Fsp3) is 0.100. The highest BCUT2D eigenvalue weighted by atomic mass is 35.5. The molecule has 0 atom stereocenters. The Kier molecular flexibility index (Phi) is 2.78. The van der Waals surface area contributed by atoms with Gasteiger partial charge in [0.05, 0.1) is 24.0 Å². The third-order valence-electron chi connectivity index (χ3n) is 1.89. The Morgan fingerprint density at radius 2 is 2.07 bits per heavy atom. The van der Waals surface area contributed by atoms with E-state index in [9.17, 15) is 0 Å². The highest BCUT2D eigenvalue weighted by Crippen LogP contribution is 2.25. The highest BCUT2D eigenvalue weighted by Gasteiger charge is 2.05. The molecule has 0 saturated heterocycles. The van der Waals surface area contributed by atoms with Gasteiger partial charge in [-0.1, -0.05) is 11.6 Å².